The minimum absolute atomic E-state index is 0.0487. The van der Waals surface area contributed by atoms with Crippen LogP contribution in [0.2, 0.25) is 0 Å². The predicted molar refractivity (Wildman–Crippen MR) is 84.5 cm³/mol. The summed E-state index contributed by atoms with van der Waals surface area (Å²) < 4.78 is 9.77. The molecule has 0 saturated heterocycles. The van der Waals surface area contributed by atoms with Crippen LogP contribution >= 0.6 is 0 Å². The first-order valence-electron chi connectivity index (χ1n) is 7.73. The van der Waals surface area contributed by atoms with E-state index < -0.39 is 23.5 Å². The molecule has 3 unspecified atom stereocenters. The molecule has 0 saturated carbocycles. The van der Waals surface area contributed by atoms with E-state index in [0.717, 1.165) is 0 Å². The largest absolute Gasteiger partial charge is 0.463 e. The Morgan fingerprint density at radius 3 is 2.13 bits per heavy atom. The molecule has 1 N–H and O–H groups in total. The first kappa shape index (κ1) is 21.4. The zero-order valence-electron chi connectivity index (χ0n) is 14.9. The minimum Gasteiger partial charge on any atom is -0.463 e. The molecule has 1 amide bonds. The molecule has 0 aliphatic heterocycles. The summed E-state index contributed by atoms with van der Waals surface area (Å²) >= 11 is 0. The van der Waals surface area contributed by atoms with Gasteiger partial charge < -0.3 is 19.5 Å². The monoisotopic (exact) mass is 331 g/mol. The van der Waals surface area contributed by atoms with Crippen molar-refractivity contribution in [2.45, 2.75) is 46.6 Å². The van der Waals surface area contributed by atoms with Gasteiger partial charge in [0.1, 0.15) is 19.3 Å². The van der Waals surface area contributed by atoms with Crippen molar-refractivity contribution in [1.82, 2.24) is 4.90 Å². The zero-order chi connectivity index (χ0) is 18.2. The third-order valence-corrected chi connectivity index (χ3v) is 3.78. The fourth-order valence-corrected chi connectivity index (χ4v) is 2.18. The fourth-order valence-electron chi connectivity index (χ4n) is 2.18. The fraction of sp³-hybridized carbons (Fsp3) is 0.812. The molecule has 3 atom stereocenters. The van der Waals surface area contributed by atoms with E-state index in [0.29, 0.717) is 12.8 Å². The topological polar surface area (TPSA) is 93.1 Å². The van der Waals surface area contributed by atoms with Crippen molar-refractivity contribution in [3.05, 3.63) is 0 Å². The summed E-state index contributed by atoms with van der Waals surface area (Å²) in [5.41, 5.74) is -0.813. The normalized spacial score (nSPS) is 16.0. The molecule has 0 spiro atoms. The number of hydrogen-bond donors (Lipinski definition) is 1. The van der Waals surface area contributed by atoms with Crippen molar-refractivity contribution in [1.29, 1.82) is 0 Å². The van der Waals surface area contributed by atoms with E-state index in [9.17, 15) is 19.5 Å². The number of nitrogens with zero attached hydrogens (tertiary/aromatic N) is 1. The maximum atomic E-state index is 12.3. The number of aliphatic hydroxyl groups is 1. The number of esters is 2. The highest BCUT2D eigenvalue weighted by Crippen LogP contribution is 2.32. The van der Waals surface area contributed by atoms with Crippen LogP contribution in [0.25, 0.3) is 0 Å². The first-order chi connectivity index (χ1) is 10.5. The van der Waals surface area contributed by atoms with Crippen LogP contribution in [0, 0.1) is 11.3 Å². The van der Waals surface area contributed by atoms with Crippen molar-refractivity contribution in [2.75, 3.05) is 27.3 Å². The van der Waals surface area contributed by atoms with Crippen LogP contribution in [-0.2, 0) is 23.9 Å². The van der Waals surface area contributed by atoms with Crippen LogP contribution < -0.4 is 0 Å². The minimum atomic E-state index is -1.07. The maximum absolute atomic E-state index is 12.3. The van der Waals surface area contributed by atoms with Crippen molar-refractivity contribution < 1.29 is 29.0 Å². The third kappa shape index (κ3) is 7.45. The van der Waals surface area contributed by atoms with Gasteiger partial charge in [0.15, 0.2) is 0 Å². The molecule has 0 bridgehead atoms. The number of ether oxygens (including phenoxy) is 2. The van der Waals surface area contributed by atoms with Crippen LogP contribution in [0.3, 0.4) is 0 Å². The molecule has 0 aromatic heterocycles. The molecule has 23 heavy (non-hydrogen) atoms. The van der Waals surface area contributed by atoms with Crippen LogP contribution in [-0.4, -0.2) is 61.3 Å². The number of aliphatic hydroxyl groups excluding tert-OH is 1. The van der Waals surface area contributed by atoms with E-state index in [1.54, 1.807) is 27.9 Å². The summed E-state index contributed by atoms with van der Waals surface area (Å²) in [6.07, 6.45) is -0.194. The van der Waals surface area contributed by atoms with E-state index in [-0.39, 0.29) is 25.0 Å². The summed E-state index contributed by atoms with van der Waals surface area (Å²) in [7, 11) is 3.34. The second kappa shape index (κ2) is 9.50. The highest BCUT2D eigenvalue weighted by molar-refractivity contribution is 5.81. The maximum Gasteiger partial charge on any atom is 0.311 e. The lowest BCUT2D eigenvalue weighted by atomic mass is 9.79. The summed E-state index contributed by atoms with van der Waals surface area (Å²) in [5, 5.41) is 9.61. The van der Waals surface area contributed by atoms with Gasteiger partial charge >= 0.3 is 11.9 Å². The van der Waals surface area contributed by atoms with Gasteiger partial charge in [-0.25, -0.2) is 0 Å². The number of carbonyl (C=O) groups is 3. The van der Waals surface area contributed by atoms with E-state index in [1.165, 1.54) is 11.8 Å². The molecule has 7 heteroatoms. The molecule has 7 nitrogen and oxygen atoms in total. The SMILES string of the molecule is CCC(C)(CC(C)C(=O)N(C)C)C(=O)OCC(O)COC(C)=O. The number of carbonyl (C=O) groups excluding carboxylic acids is 3. The molecular formula is C16H29NO6. The van der Waals surface area contributed by atoms with E-state index in [4.69, 9.17) is 4.74 Å². The molecule has 0 radical (unpaired) electrons. The summed E-state index contributed by atoms with van der Waals surface area (Å²) in [6, 6.07) is 0. The van der Waals surface area contributed by atoms with Crippen LogP contribution in [0.4, 0.5) is 0 Å². The molecule has 0 aliphatic rings. The van der Waals surface area contributed by atoms with Gasteiger partial charge in [0.25, 0.3) is 0 Å². The van der Waals surface area contributed by atoms with Gasteiger partial charge in [0.05, 0.1) is 5.41 Å². The molecule has 0 aliphatic carbocycles. The Hall–Kier alpha value is -1.63. The Kier molecular flexibility index (Phi) is 8.82. The van der Waals surface area contributed by atoms with E-state index in [1.807, 2.05) is 6.92 Å². The summed E-state index contributed by atoms with van der Waals surface area (Å²) in [4.78, 5) is 36.4. The first-order valence-corrected chi connectivity index (χ1v) is 7.73. The number of rotatable bonds is 9. The Morgan fingerprint density at radius 1 is 1.17 bits per heavy atom. The zero-order valence-corrected chi connectivity index (χ0v) is 14.9. The molecule has 134 valence electrons. The molecule has 0 aromatic rings. The summed E-state index contributed by atoms with van der Waals surface area (Å²) in [5.74, 6) is -1.34. The molecule has 0 fully saturated rings. The Bertz CT molecular complexity index is 423. The van der Waals surface area contributed by atoms with Gasteiger partial charge in [-0.05, 0) is 19.8 Å². The van der Waals surface area contributed by atoms with Gasteiger partial charge in [-0.3, -0.25) is 14.4 Å². The average molecular weight is 331 g/mol. The van der Waals surface area contributed by atoms with Crippen LogP contribution in [0.1, 0.15) is 40.5 Å². The average Bonchev–Trinajstić information content (AvgIpc) is 2.48. The predicted octanol–water partition coefficient (Wildman–Crippen LogP) is 0.984. The van der Waals surface area contributed by atoms with Crippen molar-refractivity contribution >= 4 is 17.8 Å². The lowest BCUT2D eigenvalue weighted by Crippen LogP contribution is -2.37. The quantitative estimate of drug-likeness (QED) is 0.633. The van der Waals surface area contributed by atoms with Gasteiger partial charge in [-0.2, -0.15) is 0 Å². The second-order valence-corrected chi connectivity index (χ2v) is 6.31. The van der Waals surface area contributed by atoms with Crippen molar-refractivity contribution in [3.63, 3.8) is 0 Å². The highest BCUT2D eigenvalue weighted by atomic mass is 16.6. The van der Waals surface area contributed by atoms with Crippen molar-refractivity contribution in [2.24, 2.45) is 11.3 Å². The third-order valence-electron chi connectivity index (χ3n) is 3.78. The van der Waals surface area contributed by atoms with Crippen LogP contribution in [0.5, 0.6) is 0 Å². The lowest BCUT2D eigenvalue weighted by Gasteiger charge is -2.29. The van der Waals surface area contributed by atoms with Crippen molar-refractivity contribution in [3.8, 4) is 0 Å². The molecule has 0 aromatic carbocycles. The summed E-state index contributed by atoms with van der Waals surface area (Å²) in [6.45, 7) is 6.13. The standard InChI is InChI=1S/C16H29NO6/c1-7-16(4,8-11(2)14(20)17(5)6)15(21)23-10-13(19)9-22-12(3)18/h11,13,19H,7-10H2,1-6H3. The Balaban J connectivity index is 4.59. The Morgan fingerprint density at radius 2 is 1.70 bits per heavy atom. The molecular weight excluding hydrogens is 302 g/mol. The van der Waals surface area contributed by atoms with Crippen LogP contribution in [0.15, 0.2) is 0 Å². The smallest absolute Gasteiger partial charge is 0.311 e. The van der Waals surface area contributed by atoms with Gasteiger partial charge in [0.2, 0.25) is 5.91 Å². The molecule has 0 heterocycles. The van der Waals surface area contributed by atoms with E-state index >= 15 is 0 Å². The van der Waals surface area contributed by atoms with Gasteiger partial charge in [-0.1, -0.05) is 13.8 Å². The highest BCUT2D eigenvalue weighted by Gasteiger charge is 2.37. The number of amides is 1. The van der Waals surface area contributed by atoms with Gasteiger partial charge in [0, 0.05) is 26.9 Å². The number of hydrogen-bond acceptors (Lipinski definition) is 6. The Labute approximate surface area is 137 Å². The van der Waals surface area contributed by atoms with E-state index in [2.05, 4.69) is 4.74 Å². The lowest BCUT2D eigenvalue weighted by molar-refractivity contribution is -0.161. The molecule has 0 rings (SSSR count). The second-order valence-electron chi connectivity index (χ2n) is 6.31. The van der Waals surface area contributed by atoms with Gasteiger partial charge in [-0.15, -0.1) is 0 Å².